The normalized spacial score (nSPS) is 15.0. The van der Waals surface area contributed by atoms with Crippen molar-refractivity contribution in [3.8, 4) is 0 Å². The van der Waals surface area contributed by atoms with Gasteiger partial charge in [-0.15, -0.1) is 0 Å². The molecule has 0 aliphatic rings. The Kier molecular flexibility index (Phi) is 7.95. The highest BCUT2D eigenvalue weighted by Gasteiger charge is 2.16. The summed E-state index contributed by atoms with van der Waals surface area (Å²) >= 11 is 0. The number of rotatable bonds is 7. The van der Waals surface area contributed by atoms with Crippen molar-refractivity contribution in [2.24, 2.45) is 5.92 Å². The van der Waals surface area contributed by atoms with Crippen molar-refractivity contribution in [2.45, 2.75) is 46.3 Å². The Morgan fingerprint density at radius 2 is 1.83 bits per heavy atom. The first-order valence-corrected chi connectivity index (χ1v) is 6.43. The van der Waals surface area contributed by atoms with Gasteiger partial charge >= 0.3 is 6.09 Å². The second-order valence-corrected chi connectivity index (χ2v) is 5.75. The number of amides is 1. The van der Waals surface area contributed by atoms with E-state index in [9.17, 15) is 4.79 Å². The molecular weight excluding hydrogens is 232 g/mol. The van der Waals surface area contributed by atoms with Gasteiger partial charge in [-0.1, -0.05) is 6.92 Å². The molecule has 5 heteroatoms. The number of hydrogen-bond acceptors (Lipinski definition) is 4. The van der Waals surface area contributed by atoms with Crippen LogP contribution in [0, 0.1) is 5.92 Å². The Morgan fingerprint density at radius 1 is 1.22 bits per heavy atom. The van der Waals surface area contributed by atoms with Gasteiger partial charge in [0, 0.05) is 32.8 Å². The minimum absolute atomic E-state index is 0.205. The van der Waals surface area contributed by atoms with Gasteiger partial charge in [-0.3, -0.25) is 0 Å². The summed E-state index contributed by atoms with van der Waals surface area (Å²) in [6.45, 7) is 11.8. The lowest BCUT2D eigenvalue weighted by Gasteiger charge is -2.21. The van der Waals surface area contributed by atoms with Gasteiger partial charge in [0.1, 0.15) is 5.60 Å². The van der Waals surface area contributed by atoms with Gasteiger partial charge in [0.05, 0.1) is 0 Å². The van der Waals surface area contributed by atoms with Crippen LogP contribution in [-0.2, 0) is 9.47 Å². The lowest BCUT2D eigenvalue weighted by Crippen LogP contribution is -2.42. The summed E-state index contributed by atoms with van der Waals surface area (Å²) in [4.78, 5) is 11.4. The lowest BCUT2D eigenvalue weighted by atomic mass is 10.2. The highest BCUT2D eigenvalue weighted by molar-refractivity contribution is 5.67. The Morgan fingerprint density at radius 3 is 2.33 bits per heavy atom. The van der Waals surface area contributed by atoms with Crippen molar-refractivity contribution in [1.29, 1.82) is 0 Å². The number of ether oxygens (including phenoxy) is 2. The quantitative estimate of drug-likeness (QED) is 0.732. The first-order chi connectivity index (χ1) is 8.24. The summed E-state index contributed by atoms with van der Waals surface area (Å²) in [6, 6.07) is 0.205. The molecule has 18 heavy (non-hydrogen) atoms. The second-order valence-electron chi connectivity index (χ2n) is 5.75. The van der Waals surface area contributed by atoms with E-state index in [2.05, 4.69) is 17.6 Å². The molecule has 0 radical (unpaired) electrons. The van der Waals surface area contributed by atoms with Gasteiger partial charge in [-0.25, -0.2) is 4.79 Å². The van der Waals surface area contributed by atoms with Crippen molar-refractivity contribution in [2.75, 3.05) is 26.8 Å². The number of carbonyl (C=O) groups excluding carboxylic acids is 1. The van der Waals surface area contributed by atoms with Gasteiger partial charge in [-0.05, 0) is 33.6 Å². The number of methoxy groups -OCH3 is 1. The summed E-state index contributed by atoms with van der Waals surface area (Å²) < 4.78 is 10.2. The number of alkyl carbamates (subject to hydrolysis) is 1. The molecule has 0 fully saturated rings. The van der Waals surface area contributed by atoms with Crippen LogP contribution in [0.3, 0.4) is 0 Å². The molecule has 108 valence electrons. The molecule has 0 aromatic heterocycles. The molecule has 0 saturated heterocycles. The fraction of sp³-hybridized carbons (Fsp3) is 0.923. The summed E-state index contributed by atoms with van der Waals surface area (Å²) in [5.74, 6) is 0.457. The maximum absolute atomic E-state index is 11.4. The third-order valence-electron chi connectivity index (χ3n) is 2.22. The highest BCUT2D eigenvalue weighted by Crippen LogP contribution is 2.06. The summed E-state index contributed by atoms with van der Waals surface area (Å²) in [6.07, 6.45) is -0.374. The minimum Gasteiger partial charge on any atom is -0.444 e. The van der Waals surface area contributed by atoms with Crippen molar-refractivity contribution < 1.29 is 14.3 Å². The van der Waals surface area contributed by atoms with Crippen LogP contribution < -0.4 is 10.6 Å². The minimum atomic E-state index is -0.451. The maximum Gasteiger partial charge on any atom is 0.407 e. The molecule has 0 rings (SSSR count). The Hall–Kier alpha value is -0.810. The Balaban J connectivity index is 3.70. The number of hydrogen-bond donors (Lipinski definition) is 2. The number of carbonyl (C=O) groups is 1. The van der Waals surface area contributed by atoms with Crippen LogP contribution in [0.2, 0.25) is 0 Å². The molecule has 0 saturated carbocycles. The van der Waals surface area contributed by atoms with E-state index in [0.29, 0.717) is 12.5 Å². The first kappa shape index (κ1) is 17.2. The zero-order valence-electron chi connectivity index (χ0n) is 12.5. The molecule has 0 aromatic carbocycles. The fourth-order valence-electron chi connectivity index (χ4n) is 1.37. The molecule has 1 amide bonds. The SMILES string of the molecule is COCC(C)CNC(C)CNC(=O)OC(C)(C)C. The van der Waals surface area contributed by atoms with Gasteiger partial charge in [0.2, 0.25) is 0 Å². The second kappa shape index (κ2) is 8.32. The van der Waals surface area contributed by atoms with E-state index in [-0.39, 0.29) is 12.1 Å². The topological polar surface area (TPSA) is 59.6 Å². The van der Waals surface area contributed by atoms with Crippen molar-refractivity contribution in [3.63, 3.8) is 0 Å². The Labute approximate surface area is 111 Å². The first-order valence-electron chi connectivity index (χ1n) is 6.43. The highest BCUT2D eigenvalue weighted by atomic mass is 16.6. The zero-order valence-corrected chi connectivity index (χ0v) is 12.5. The molecule has 0 bridgehead atoms. The van der Waals surface area contributed by atoms with E-state index in [1.165, 1.54) is 0 Å². The molecule has 0 spiro atoms. The molecular formula is C13H28N2O3. The Bertz CT molecular complexity index is 239. The molecule has 0 heterocycles. The van der Waals surface area contributed by atoms with E-state index in [1.807, 2.05) is 27.7 Å². The molecule has 0 aliphatic carbocycles. The van der Waals surface area contributed by atoms with Gasteiger partial charge < -0.3 is 20.1 Å². The van der Waals surface area contributed by atoms with Crippen LogP contribution in [0.1, 0.15) is 34.6 Å². The van der Waals surface area contributed by atoms with Crippen LogP contribution in [-0.4, -0.2) is 44.5 Å². The average Bonchev–Trinajstić information content (AvgIpc) is 2.21. The molecule has 2 unspecified atom stereocenters. The molecule has 2 atom stereocenters. The monoisotopic (exact) mass is 260 g/mol. The van der Waals surface area contributed by atoms with E-state index >= 15 is 0 Å². The zero-order chi connectivity index (χ0) is 14.2. The summed E-state index contributed by atoms with van der Waals surface area (Å²) in [5, 5.41) is 6.07. The van der Waals surface area contributed by atoms with E-state index in [4.69, 9.17) is 9.47 Å². The van der Waals surface area contributed by atoms with Gasteiger partial charge in [-0.2, -0.15) is 0 Å². The van der Waals surface area contributed by atoms with Crippen LogP contribution >= 0.6 is 0 Å². The van der Waals surface area contributed by atoms with Crippen LogP contribution in [0.25, 0.3) is 0 Å². The summed E-state index contributed by atoms with van der Waals surface area (Å²) in [7, 11) is 1.70. The van der Waals surface area contributed by atoms with Crippen molar-refractivity contribution in [1.82, 2.24) is 10.6 Å². The van der Waals surface area contributed by atoms with Gasteiger partial charge in [0.25, 0.3) is 0 Å². The van der Waals surface area contributed by atoms with Crippen LogP contribution in [0.15, 0.2) is 0 Å². The molecule has 0 aliphatic heterocycles. The summed E-state index contributed by atoms with van der Waals surface area (Å²) in [5.41, 5.74) is -0.451. The van der Waals surface area contributed by atoms with Crippen molar-refractivity contribution >= 4 is 6.09 Å². The third-order valence-corrected chi connectivity index (χ3v) is 2.22. The van der Waals surface area contributed by atoms with E-state index < -0.39 is 5.60 Å². The lowest BCUT2D eigenvalue weighted by molar-refractivity contribution is 0.0523. The van der Waals surface area contributed by atoms with Crippen LogP contribution in [0.5, 0.6) is 0 Å². The third kappa shape index (κ3) is 10.4. The van der Waals surface area contributed by atoms with Crippen LogP contribution in [0.4, 0.5) is 4.79 Å². The van der Waals surface area contributed by atoms with E-state index in [0.717, 1.165) is 13.2 Å². The predicted molar refractivity (Wildman–Crippen MR) is 72.7 cm³/mol. The average molecular weight is 260 g/mol. The van der Waals surface area contributed by atoms with Crippen molar-refractivity contribution in [3.05, 3.63) is 0 Å². The molecule has 2 N–H and O–H groups in total. The van der Waals surface area contributed by atoms with Gasteiger partial charge in [0.15, 0.2) is 0 Å². The fourth-order valence-corrected chi connectivity index (χ4v) is 1.37. The molecule has 5 nitrogen and oxygen atoms in total. The molecule has 0 aromatic rings. The largest absolute Gasteiger partial charge is 0.444 e. The standard InChI is InChI=1S/C13H28N2O3/c1-10(9-17-6)7-14-11(2)8-15-12(16)18-13(3,4)5/h10-11,14H,7-9H2,1-6H3,(H,15,16). The number of nitrogens with one attached hydrogen (secondary N) is 2. The maximum atomic E-state index is 11.4. The predicted octanol–water partition coefficient (Wildman–Crippen LogP) is 1.77. The smallest absolute Gasteiger partial charge is 0.407 e. The van der Waals surface area contributed by atoms with E-state index in [1.54, 1.807) is 7.11 Å².